The third-order valence-electron chi connectivity index (χ3n) is 5.12. The third kappa shape index (κ3) is 3.75. The fourth-order valence-electron chi connectivity index (χ4n) is 3.54. The maximum Gasteiger partial charge on any atom is 0.260 e. The Morgan fingerprint density at radius 2 is 1.84 bits per heavy atom. The SMILES string of the molecule is CC1(C)c2[nH]nc(NC(=O)c3ccc(Cl)nc3Cl)c2CN1S(=O)(=O)c1cc(F)cc(F)c1. The molecule has 0 spiro atoms. The smallest absolute Gasteiger partial charge is 0.260 e. The number of hydrogen-bond acceptors (Lipinski definition) is 5. The number of rotatable bonds is 4. The largest absolute Gasteiger partial charge is 0.305 e. The Morgan fingerprint density at radius 3 is 2.47 bits per heavy atom. The highest BCUT2D eigenvalue weighted by Gasteiger charge is 2.48. The molecule has 0 radical (unpaired) electrons. The Balaban J connectivity index is 1.67. The number of benzene rings is 1. The molecule has 0 fully saturated rings. The van der Waals surface area contributed by atoms with Crippen LogP contribution in [0, 0.1) is 11.6 Å². The predicted molar refractivity (Wildman–Crippen MR) is 113 cm³/mol. The molecule has 8 nitrogen and oxygen atoms in total. The Labute approximate surface area is 191 Å². The summed E-state index contributed by atoms with van der Waals surface area (Å²) in [5, 5.41) is 9.40. The van der Waals surface area contributed by atoms with Crippen LogP contribution in [0.15, 0.2) is 35.2 Å². The van der Waals surface area contributed by atoms with Crippen molar-refractivity contribution in [3.8, 4) is 0 Å². The van der Waals surface area contributed by atoms with Crippen molar-refractivity contribution in [2.24, 2.45) is 0 Å². The van der Waals surface area contributed by atoms with Crippen molar-refractivity contribution < 1.29 is 22.0 Å². The fraction of sp³-hybridized carbons (Fsp3) is 0.211. The second kappa shape index (κ2) is 7.77. The number of sulfonamides is 1. The topological polar surface area (TPSA) is 108 Å². The van der Waals surface area contributed by atoms with E-state index in [-0.39, 0.29) is 28.2 Å². The zero-order chi connectivity index (χ0) is 23.4. The lowest BCUT2D eigenvalue weighted by atomic mass is 10.0. The minimum absolute atomic E-state index is 0.0461. The highest BCUT2D eigenvalue weighted by Crippen LogP contribution is 2.43. The van der Waals surface area contributed by atoms with Crippen molar-refractivity contribution in [3.05, 3.63) is 69.1 Å². The molecule has 2 N–H and O–H groups in total. The first-order chi connectivity index (χ1) is 14.9. The molecule has 13 heteroatoms. The van der Waals surface area contributed by atoms with Crippen molar-refractivity contribution >= 4 is 45.0 Å². The van der Waals surface area contributed by atoms with Crippen LogP contribution in [0.2, 0.25) is 10.3 Å². The molecule has 32 heavy (non-hydrogen) atoms. The normalized spacial score (nSPS) is 15.6. The summed E-state index contributed by atoms with van der Waals surface area (Å²) in [6.07, 6.45) is 0. The molecule has 168 valence electrons. The summed E-state index contributed by atoms with van der Waals surface area (Å²) < 4.78 is 54.8. The highest BCUT2D eigenvalue weighted by atomic mass is 35.5. The molecule has 2 aromatic heterocycles. The number of carbonyl (C=O) groups excluding carboxylic acids is 1. The van der Waals surface area contributed by atoms with Crippen molar-refractivity contribution in [3.63, 3.8) is 0 Å². The minimum atomic E-state index is -4.29. The molecule has 1 aliphatic heterocycles. The zero-order valence-electron chi connectivity index (χ0n) is 16.6. The van der Waals surface area contributed by atoms with Crippen molar-refractivity contribution in [2.75, 3.05) is 5.32 Å². The number of aromatic amines is 1. The number of nitrogens with zero attached hydrogens (tertiary/aromatic N) is 3. The van der Waals surface area contributed by atoms with Crippen molar-refractivity contribution in [2.45, 2.75) is 30.8 Å². The fourth-order valence-corrected chi connectivity index (χ4v) is 5.74. The van der Waals surface area contributed by atoms with E-state index < -0.39 is 38.0 Å². The van der Waals surface area contributed by atoms with Gasteiger partial charge in [-0.05, 0) is 38.1 Å². The van der Waals surface area contributed by atoms with Crippen molar-refractivity contribution in [1.29, 1.82) is 0 Å². The molecule has 3 aromatic rings. The van der Waals surface area contributed by atoms with Gasteiger partial charge in [0.2, 0.25) is 10.0 Å². The number of anilines is 1. The van der Waals surface area contributed by atoms with E-state index in [1.807, 2.05) is 0 Å². The molecule has 1 aromatic carbocycles. The molecule has 0 unspecified atom stereocenters. The van der Waals surface area contributed by atoms with Crippen LogP contribution in [0.4, 0.5) is 14.6 Å². The summed E-state index contributed by atoms with van der Waals surface area (Å²) in [4.78, 5) is 15.9. The van der Waals surface area contributed by atoms with E-state index in [1.165, 1.54) is 12.1 Å². The monoisotopic (exact) mass is 501 g/mol. The minimum Gasteiger partial charge on any atom is -0.305 e. The van der Waals surface area contributed by atoms with Crippen LogP contribution in [-0.4, -0.2) is 33.8 Å². The Hall–Kier alpha value is -2.60. The average molecular weight is 502 g/mol. The lowest BCUT2D eigenvalue weighted by Gasteiger charge is -2.30. The maximum absolute atomic E-state index is 13.7. The van der Waals surface area contributed by atoms with Gasteiger partial charge in [0.1, 0.15) is 21.9 Å². The second-order valence-electron chi connectivity index (χ2n) is 7.53. The third-order valence-corrected chi connectivity index (χ3v) is 7.62. The first-order valence-corrected chi connectivity index (χ1v) is 11.3. The molecular formula is C19H15Cl2F2N5O3S. The van der Waals surface area contributed by atoms with Gasteiger partial charge in [-0.3, -0.25) is 9.89 Å². The van der Waals surface area contributed by atoms with Crippen molar-refractivity contribution in [1.82, 2.24) is 19.5 Å². The van der Waals surface area contributed by atoms with Crippen LogP contribution in [-0.2, 0) is 22.1 Å². The van der Waals surface area contributed by atoms with Gasteiger partial charge in [-0.25, -0.2) is 22.2 Å². The molecule has 0 saturated carbocycles. The van der Waals surface area contributed by atoms with E-state index in [0.717, 1.165) is 16.4 Å². The molecule has 3 heterocycles. The summed E-state index contributed by atoms with van der Waals surface area (Å²) >= 11 is 11.7. The lowest BCUT2D eigenvalue weighted by Crippen LogP contribution is -2.40. The maximum atomic E-state index is 13.7. The van der Waals surface area contributed by atoms with Gasteiger partial charge >= 0.3 is 0 Å². The summed E-state index contributed by atoms with van der Waals surface area (Å²) in [5.41, 5.74) is -0.271. The number of pyridine rings is 1. The number of amides is 1. The Morgan fingerprint density at radius 1 is 1.19 bits per heavy atom. The predicted octanol–water partition coefficient (Wildman–Crippen LogP) is 4.08. The number of halogens is 4. The summed E-state index contributed by atoms with van der Waals surface area (Å²) in [6, 6.07) is 4.87. The van der Waals surface area contributed by atoms with Crippen LogP contribution < -0.4 is 5.32 Å². The van der Waals surface area contributed by atoms with E-state index in [1.54, 1.807) is 13.8 Å². The zero-order valence-corrected chi connectivity index (χ0v) is 18.9. The molecule has 0 saturated heterocycles. The Bertz CT molecular complexity index is 1340. The molecule has 0 aliphatic carbocycles. The Kier molecular flexibility index (Phi) is 5.48. The van der Waals surface area contributed by atoms with Gasteiger partial charge in [0.25, 0.3) is 5.91 Å². The van der Waals surface area contributed by atoms with E-state index in [2.05, 4.69) is 20.5 Å². The summed E-state index contributed by atoms with van der Waals surface area (Å²) in [5.74, 6) is -2.56. The number of hydrogen-bond donors (Lipinski definition) is 2. The molecule has 4 rings (SSSR count). The second-order valence-corrected chi connectivity index (χ2v) is 10.1. The summed E-state index contributed by atoms with van der Waals surface area (Å²) in [7, 11) is -4.29. The first kappa shape index (κ1) is 22.6. The van der Waals surface area contributed by atoms with Crippen LogP contribution in [0.1, 0.15) is 35.5 Å². The number of carbonyl (C=O) groups is 1. The average Bonchev–Trinajstić information content (AvgIpc) is 3.19. The van der Waals surface area contributed by atoms with Gasteiger partial charge in [-0.1, -0.05) is 23.2 Å². The van der Waals surface area contributed by atoms with E-state index in [0.29, 0.717) is 17.3 Å². The van der Waals surface area contributed by atoms with E-state index in [9.17, 15) is 22.0 Å². The van der Waals surface area contributed by atoms with Gasteiger partial charge in [-0.15, -0.1) is 0 Å². The molecule has 1 amide bonds. The highest BCUT2D eigenvalue weighted by molar-refractivity contribution is 7.89. The lowest BCUT2D eigenvalue weighted by molar-refractivity contribution is 0.102. The molecular weight excluding hydrogens is 487 g/mol. The van der Waals surface area contributed by atoms with E-state index >= 15 is 0 Å². The van der Waals surface area contributed by atoms with Crippen LogP contribution in [0.3, 0.4) is 0 Å². The first-order valence-electron chi connectivity index (χ1n) is 9.11. The van der Waals surface area contributed by atoms with E-state index in [4.69, 9.17) is 23.2 Å². The molecule has 0 atom stereocenters. The van der Waals surface area contributed by atoms with Gasteiger partial charge in [-0.2, -0.15) is 9.40 Å². The summed E-state index contributed by atoms with van der Waals surface area (Å²) in [6.45, 7) is 3.02. The number of fused-ring (bicyclic) bond motifs is 1. The molecule has 0 bridgehead atoms. The van der Waals surface area contributed by atoms with Gasteiger partial charge in [0.05, 0.1) is 21.7 Å². The van der Waals surface area contributed by atoms with Gasteiger partial charge in [0.15, 0.2) is 5.82 Å². The van der Waals surface area contributed by atoms with Gasteiger partial charge < -0.3 is 5.32 Å². The van der Waals surface area contributed by atoms with Crippen LogP contribution in [0.25, 0.3) is 0 Å². The number of H-pyrrole nitrogens is 1. The standard InChI is InChI=1S/C19H15Cl2F2N5O3S/c1-19(2)15-13(8-28(19)32(30,31)11-6-9(22)5-10(23)7-11)17(27-26-15)25-18(29)12-3-4-14(20)24-16(12)21/h3-7H,8H2,1-2H3,(H2,25,26,27,29). The molecule has 1 aliphatic rings. The number of aromatic nitrogens is 3. The van der Waals surface area contributed by atoms with Crippen LogP contribution in [0.5, 0.6) is 0 Å². The number of nitrogens with one attached hydrogen (secondary N) is 2. The van der Waals surface area contributed by atoms with Crippen LogP contribution >= 0.6 is 23.2 Å². The quantitative estimate of drug-likeness (QED) is 0.523. The van der Waals surface area contributed by atoms with Gasteiger partial charge in [0, 0.05) is 18.2 Å².